The molecule has 1 aliphatic carbocycles. The predicted molar refractivity (Wildman–Crippen MR) is 79.0 cm³/mol. The summed E-state index contributed by atoms with van der Waals surface area (Å²) in [5.41, 5.74) is 1.11. The lowest BCUT2D eigenvalue weighted by Gasteiger charge is -2.37. The molecule has 0 aromatic rings. The summed E-state index contributed by atoms with van der Waals surface area (Å²) in [6.45, 7) is 7.86. The Hall–Kier alpha value is -1.09. The third-order valence-corrected chi connectivity index (χ3v) is 3.98. The Morgan fingerprint density at radius 3 is 2.58 bits per heavy atom. The fourth-order valence-electron chi connectivity index (χ4n) is 2.76. The largest absolute Gasteiger partial charge is 0.369 e. The van der Waals surface area contributed by atoms with Crippen molar-refractivity contribution in [1.29, 1.82) is 0 Å². The second-order valence-electron chi connectivity index (χ2n) is 5.53. The Morgan fingerprint density at radius 2 is 1.89 bits per heavy atom. The van der Waals surface area contributed by atoms with E-state index in [1.165, 1.54) is 32.2 Å². The first-order valence-corrected chi connectivity index (χ1v) is 7.68. The maximum atomic E-state index is 11.4. The molecule has 1 saturated heterocycles. The van der Waals surface area contributed by atoms with Gasteiger partial charge in [0.2, 0.25) is 0 Å². The number of rotatable bonds is 6. The van der Waals surface area contributed by atoms with Gasteiger partial charge >= 0.3 is 0 Å². The Morgan fingerprint density at radius 1 is 1.11 bits per heavy atom. The molecule has 1 heterocycles. The molecule has 0 aromatic carbocycles. The molecule has 3 nitrogen and oxygen atoms in total. The molecule has 0 aromatic heterocycles. The van der Waals surface area contributed by atoms with Crippen LogP contribution in [0.2, 0.25) is 0 Å². The van der Waals surface area contributed by atoms with E-state index >= 15 is 0 Å². The van der Waals surface area contributed by atoms with Gasteiger partial charge in [-0.3, -0.25) is 9.69 Å². The van der Waals surface area contributed by atoms with Gasteiger partial charge in [0.15, 0.2) is 5.78 Å². The van der Waals surface area contributed by atoms with Gasteiger partial charge in [-0.15, -0.1) is 0 Å². The van der Waals surface area contributed by atoms with Gasteiger partial charge in [0, 0.05) is 44.4 Å². The number of piperazine rings is 1. The van der Waals surface area contributed by atoms with E-state index in [-0.39, 0.29) is 5.78 Å². The van der Waals surface area contributed by atoms with Crippen LogP contribution < -0.4 is 0 Å². The van der Waals surface area contributed by atoms with E-state index in [1.807, 2.05) is 6.08 Å². The highest BCUT2D eigenvalue weighted by Gasteiger charge is 2.18. The monoisotopic (exact) mass is 262 g/mol. The highest BCUT2D eigenvalue weighted by molar-refractivity contribution is 5.93. The van der Waals surface area contributed by atoms with Crippen molar-refractivity contribution in [2.75, 3.05) is 32.7 Å². The molecule has 0 N–H and O–H groups in total. The minimum atomic E-state index is 0.236. The SMILES string of the molecule is CCCCCCN1CCN(C2=CC(=O)CC=C2)CC1. The molecular formula is C16H26N2O. The van der Waals surface area contributed by atoms with Gasteiger partial charge in [-0.2, -0.15) is 0 Å². The van der Waals surface area contributed by atoms with E-state index in [2.05, 4.69) is 22.8 Å². The molecule has 0 unspecified atom stereocenters. The summed E-state index contributed by atoms with van der Waals surface area (Å²) in [5, 5.41) is 0. The summed E-state index contributed by atoms with van der Waals surface area (Å²) in [6, 6.07) is 0. The van der Waals surface area contributed by atoms with E-state index in [1.54, 1.807) is 6.08 Å². The smallest absolute Gasteiger partial charge is 0.161 e. The molecule has 0 saturated carbocycles. The minimum absolute atomic E-state index is 0.236. The number of carbonyl (C=O) groups is 1. The third kappa shape index (κ3) is 4.50. The van der Waals surface area contributed by atoms with Gasteiger partial charge in [0.05, 0.1) is 0 Å². The van der Waals surface area contributed by atoms with Crippen molar-refractivity contribution in [2.45, 2.75) is 39.0 Å². The molecule has 0 spiro atoms. The maximum absolute atomic E-state index is 11.4. The number of allylic oxidation sites excluding steroid dienone is 3. The zero-order valence-corrected chi connectivity index (χ0v) is 12.1. The first-order valence-electron chi connectivity index (χ1n) is 7.68. The normalized spacial score (nSPS) is 20.8. The topological polar surface area (TPSA) is 23.6 Å². The summed E-state index contributed by atoms with van der Waals surface area (Å²) in [7, 11) is 0. The van der Waals surface area contributed by atoms with Crippen LogP contribution in [0.1, 0.15) is 39.0 Å². The van der Waals surface area contributed by atoms with Crippen molar-refractivity contribution < 1.29 is 4.79 Å². The van der Waals surface area contributed by atoms with Crippen LogP contribution in [0, 0.1) is 0 Å². The second-order valence-corrected chi connectivity index (χ2v) is 5.53. The molecule has 0 amide bonds. The number of ketones is 1. The average molecular weight is 262 g/mol. The van der Waals surface area contributed by atoms with E-state index in [9.17, 15) is 4.79 Å². The van der Waals surface area contributed by atoms with E-state index in [0.29, 0.717) is 6.42 Å². The molecule has 0 atom stereocenters. The van der Waals surface area contributed by atoms with Crippen LogP contribution in [0.3, 0.4) is 0 Å². The molecular weight excluding hydrogens is 236 g/mol. The maximum Gasteiger partial charge on any atom is 0.161 e. The van der Waals surface area contributed by atoms with Crippen molar-refractivity contribution in [2.24, 2.45) is 0 Å². The lowest BCUT2D eigenvalue weighted by atomic mass is 10.1. The van der Waals surface area contributed by atoms with Crippen LogP contribution >= 0.6 is 0 Å². The van der Waals surface area contributed by atoms with Crippen LogP contribution in [0.5, 0.6) is 0 Å². The van der Waals surface area contributed by atoms with Gasteiger partial charge in [0.25, 0.3) is 0 Å². The highest BCUT2D eigenvalue weighted by atomic mass is 16.1. The van der Waals surface area contributed by atoms with Gasteiger partial charge in [-0.05, 0) is 19.0 Å². The lowest BCUT2D eigenvalue weighted by Crippen LogP contribution is -2.46. The predicted octanol–water partition coefficient (Wildman–Crippen LogP) is 2.60. The number of nitrogens with zero attached hydrogens (tertiary/aromatic N) is 2. The average Bonchev–Trinajstić information content (AvgIpc) is 2.44. The number of carbonyl (C=O) groups excluding carboxylic acids is 1. The molecule has 106 valence electrons. The fraction of sp³-hybridized carbons (Fsp3) is 0.688. The Labute approximate surface area is 117 Å². The van der Waals surface area contributed by atoms with Crippen molar-refractivity contribution in [3.8, 4) is 0 Å². The van der Waals surface area contributed by atoms with Crippen molar-refractivity contribution in [3.05, 3.63) is 23.9 Å². The Bertz CT molecular complexity index is 352. The zero-order valence-electron chi connectivity index (χ0n) is 12.1. The summed E-state index contributed by atoms with van der Waals surface area (Å²) < 4.78 is 0. The van der Waals surface area contributed by atoms with Gasteiger partial charge in [-0.25, -0.2) is 0 Å². The fourth-order valence-corrected chi connectivity index (χ4v) is 2.76. The second kappa shape index (κ2) is 7.49. The van der Waals surface area contributed by atoms with Crippen molar-refractivity contribution in [1.82, 2.24) is 9.80 Å². The molecule has 2 aliphatic rings. The molecule has 1 fully saturated rings. The van der Waals surface area contributed by atoms with Crippen LogP contribution in [0.4, 0.5) is 0 Å². The highest BCUT2D eigenvalue weighted by Crippen LogP contribution is 2.15. The number of unbranched alkanes of at least 4 members (excludes halogenated alkanes) is 3. The van der Waals surface area contributed by atoms with E-state index in [4.69, 9.17) is 0 Å². The molecule has 19 heavy (non-hydrogen) atoms. The number of hydrogen-bond acceptors (Lipinski definition) is 3. The van der Waals surface area contributed by atoms with Gasteiger partial charge in [-0.1, -0.05) is 32.3 Å². The number of hydrogen-bond donors (Lipinski definition) is 0. The van der Waals surface area contributed by atoms with Gasteiger partial charge in [0.1, 0.15) is 0 Å². The minimum Gasteiger partial charge on any atom is -0.369 e. The molecule has 0 bridgehead atoms. The van der Waals surface area contributed by atoms with Crippen LogP contribution in [0.25, 0.3) is 0 Å². The zero-order chi connectivity index (χ0) is 13.5. The molecule has 3 heteroatoms. The van der Waals surface area contributed by atoms with E-state index in [0.717, 1.165) is 31.9 Å². The van der Waals surface area contributed by atoms with E-state index < -0.39 is 0 Å². The first kappa shape index (κ1) is 14.3. The summed E-state index contributed by atoms with van der Waals surface area (Å²) in [4.78, 5) is 16.3. The van der Waals surface area contributed by atoms with Crippen molar-refractivity contribution >= 4 is 5.78 Å². The first-order chi connectivity index (χ1) is 9.29. The standard InChI is InChI=1S/C16H26N2O/c1-2-3-4-5-9-17-10-12-18(13-11-17)15-7-6-8-16(19)14-15/h6-7,14H,2-5,8-13H2,1H3. The van der Waals surface area contributed by atoms with Crippen LogP contribution in [-0.4, -0.2) is 48.3 Å². The molecule has 2 rings (SSSR count). The van der Waals surface area contributed by atoms with Crippen molar-refractivity contribution in [3.63, 3.8) is 0 Å². The quantitative estimate of drug-likeness (QED) is 0.687. The Kier molecular flexibility index (Phi) is 5.64. The van der Waals surface area contributed by atoms with Crippen LogP contribution in [0.15, 0.2) is 23.9 Å². The van der Waals surface area contributed by atoms with Gasteiger partial charge < -0.3 is 4.90 Å². The Balaban J connectivity index is 1.70. The van der Waals surface area contributed by atoms with Crippen LogP contribution in [-0.2, 0) is 4.79 Å². The summed E-state index contributed by atoms with van der Waals surface area (Å²) in [6.07, 6.45) is 11.8. The summed E-state index contributed by atoms with van der Waals surface area (Å²) in [5.74, 6) is 0.236. The summed E-state index contributed by atoms with van der Waals surface area (Å²) >= 11 is 0. The third-order valence-electron chi connectivity index (χ3n) is 3.98. The lowest BCUT2D eigenvalue weighted by molar-refractivity contribution is -0.114. The molecule has 1 aliphatic heterocycles. The molecule has 0 radical (unpaired) electrons.